The molecular formula is C18H19ClIN. The summed E-state index contributed by atoms with van der Waals surface area (Å²) in [4.78, 5) is 0. The second-order valence-corrected chi connectivity index (χ2v) is 7.39. The first kappa shape index (κ1) is 15.3. The van der Waals surface area contributed by atoms with E-state index in [0.29, 0.717) is 5.92 Å². The van der Waals surface area contributed by atoms with Crippen molar-refractivity contribution in [3.63, 3.8) is 0 Å². The molecule has 1 aliphatic rings. The number of nitrogens with two attached hydrogens (primary N) is 1. The van der Waals surface area contributed by atoms with Crippen LogP contribution in [-0.2, 0) is 6.42 Å². The summed E-state index contributed by atoms with van der Waals surface area (Å²) in [6.45, 7) is 0. The summed E-state index contributed by atoms with van der Waals surface area (Å²) in [7, 11) is 0. The van der Waals surface area contributed by atoms with Crippen LogP contribution in [-0.4, -0.2) is 0 Å². The molecular weight excluding hydrogens is 393 g/mol. The predicted molar refractivity (Wildman–Crippen MR) is 97.8 cm³/mol. The van der Waals surface area contributed by atoms with Crippen molar-refractivity contribution in [3.8, 4) is 0 Å². The Kier molecular flexibility index (Phi) is 4.87. The molecule has 21 heavy (non-hydrogen) atoms. The lowest BCUT2D eigenvalue weighted by Gasteiger charge is -2.28. The van der Waals surface area contributed by atoms with Gasteiger partial charge in [0.2, 0.25) is 0 Å². The van der Waals surface area contributed by atoms with E-state index in [1.165, 1.54) is 39.5 Å². The van der Waals surface area contributed by atoms with Gasteiger partial charge < -0.3 is 5.73 Å². The second-order valence-electron chi connectivity index (χ2n) is 5.80. The fraction of sp³-hybridized carbons (Fsp3) is 0.333. The molecule has 2 atom stereocenters. The maximum Gasteiger partial charge on any atom is 0.0410 e. The minimum atomic E-state index is 0.0479. The Morgan fingerprint density at radius 2 is 2.05 bits per heavy atom. The smallest absolute Gasteiger partial charge is 0.0410 e. The molecule has 0 aromatic heterocycles. The van der Waals surface area contributed by atoms with Crippen LogP contribution in [0.15, 0.2) is 42.5 Å². The van der Waals surface area contributed by atoms with Gasteiger partial charge >= 0.3 is 0 Å². The Morgan fingerprint density at radius 1 is 1.24 bits per heavy atom. The Balaban J connectivity index is 1.82. The van der Waals surface area contributed by atoms with Gasteiger partial charge in [-0.2, -0.15) is 0 Å². The largest absolute Gasteiger partial charge is 0.324 e. The zero-order chi connectivity index (χ0) is 14.8. The first-order valence-electron chi connectivity index (χ1n) is 7.43. The fourth-order valence-electron chi connectivity index (χ4n) is 3.33. The summed E-state index contributed by atoms with van der Waals surface area (Å²) in [5.74, 6) is 0.569. The first-order chi connectivity index (χ1) is 10.1. The van der Waals surface area contributed by atoms with Crippen molar-refractivity contribution < 1.29 is 0 Å². The topological polar surface area (TPSA) is 26.0 Å². The lowest BCUT2D eigenvalue weighted by molar-refractivity contribution is 0.475. The van der Waals surface area contributed by atoms with Gasteiger partial charge in [-0.3, -0.25) is 0 Å². The maximum atomic E-state index is 6.49. The van der Waals surface area contributed by atoms with Gasteiger partial charge in [0.15, 0.2) is 0 Å². The fourth-order valence-corrected chi connectivity index (χ4v) is 4.25. The number of rotatable bonds is 3. The van der Waals surface area contributed by atoms with Crippen LogP contribution in [0.2, 0.25) is 5.02 Å². The summed E-state index contributed by atoms with van der Waals surface area (Å²) >= 11 is 8.47. The third kappa shape index (κ3) is 3.43. The van der Waals surface area contributed by atoms with E-state index in [1.54, 1.807) is 0 Å². The third-order valence-electron chi connectivity index (χ3n) is 4.39. The van der Waals surface area contributed by atoms with Crippen LogP contribution < -0.4 is 5.73 Å². The highest BCUT2D eigenvalue weighted by atomic mass is 127. The van der Waals surface area contributed by atoms with Crippen molar-refractivity contribution in [2.45, 2.75) is 37.6 Å². The van der Waals surface area contributed by atoms with E-state index >= 15 is 0 Å². The first-order valence-corrected chi connectivity index (χ1v) is 8.89. The molecule has 2 N–H and O–H groups in total. The molecule has 1 aliphatic carbocycles. The van der Waals surface area contributed by atoms with Crippen molar-refractivity contribution in [2.75, 3.05) is 0 Å². The Labute approximate surface area is 145 Å². The Bertz CT molecular complexity index is 641. The van der Waals surface area contributed by atoms with Crippen LogP contribution in [0.4, 0.5) is 0 Å². The van der Waals surface area contributed by atoms with E-state index in [2.05, 4.69) is 46.9 Å². The average Bonchev–Trinajstić information content (AvgIpc) is 2.50. The van der Waals surface area contributed by atoms with Crippen LogP contribution in [0.5, 0.6) is 0 Å². The second kappa shape index (κ2) is 6.67. The molecule has 0 saturated heterocycles. The van der Waals surface area contributed by atoms with Gasteiger partial charge in [-0.05, 0) is 89.1 Å². The maximum absolute atomic E-state index is 6.49. The molecule has 3 heteroatoms. The minimum Gasteiger partial charge on any atom is -0.324 e. The van der Waals surface area contributed by atoms with Crippen molar-refractivity contribution in [1.29, 1.82) is 0 Å². The highest BCUT2D eigenvalue weighted by Gasteiger charge is 2.23. The average molecular weight is 412 g/mol. The molecule has 0 heterocycles. The van der Waals surface area contributed by atoms with Crippen LogP contribution >= 0.6 is 34.2 Å². The minimum absolute atomic E-state index is 0.0479. The number of fused-ring (bicyclic) bond motifs is 1. The molecule has 0 radical (unpaired) electrons. The molecule has 2 aromatic rings. The summed E-state index contributed by atoms with van der Waals surface area (Å²) in [5, 5.41) is 0.768. The number of hydrogen-bond donors (Lipinski definition) is 1. The molecule has 110 valence electrons. The van der Waals surface area contributed by atoms with E-state index in [-0.39, 0.29) is 6.04 Å². The summed E-state index contributed by atoms with van der Waals surface area (Å²) in [6, 6.07) is 14.9. The summed E-state index contributed by atoms with van der Waals surface area (Å²) < 4.78 is 1.20. The van der Waals surface area contributed by atoms with E-state index in [1.807, 2.05) is 18.2 Å². The zero-order valence-electron chi connectivity index (χ0n) is 11.9. The number of halogens is 2. The van der Waals surface area contributed by atoms with Crippen molar-refractivity contribution in [2.24, 2.45) is 5.73 Å². The molecule has 2 unspecified atom stereocenters. The van der Waals surface area contributed by atoms with Gasteiger partial charge in [-0.1, -0.05) is 35.9 Å². The summed E-state index contributed by atoms with van der Waals surface area (Å²) in [5.41, 5.74) is 10.7. The summed E-state index contributed by atoms with van der Waals surface area (Å²) in [6.07, 6.45) is 4.70. The van der Waals surface area contributed by atoms with E-state index < -0.39 is 0 Å². The zero-order valence-corrected chi connectivity index (χ0v) is 14.8. The lowest BCUT2D eigenvalue weighted by Crippen LogP contribution is -2.18. The van der Waals surface area contributed by atoms with Crippen molar-refractivity contribution >= 4 is 34.2 Å². The lowest BCUT2D eigenvalue weighted by atomic mass is 9.79. The van der Waals surface area contributed by atoms with Gasteiger partial charge in [0.1, 0.15) is 0 Å². The Hall–Kier alpha value is -0.580. The van der Waals surface area contributed by atoms with Crippen molar-refractivity contribution in [1.82, 2.24) is 0 Å². The number of benzene rings is 2. The van der Waals surface area contributed by atoms with Gasteiger partial charge in [0.25, 0.3) is 0 Å². The van der Waals surface area contributed by atoms with Gasteiger partial charge in [-0.15, -0.1) is 0 Å². The molecule has 3 rings (SSSR count). The molecule has 0 aliphatic heterocycles. The van der Waals surface area contributed by atoms with E-state index in [4.69, 9.17) is 17.3 Å². The van der Waals surface area contributed by atoms with E-state index in [0.717, 1.165) is 11.4 Å². The van der Waals surface area contributed by atoms with Crippen LogP contribution in [0.1, 0.15) is 47.9 Å². The standard InChI is InChI=1S/C18H19ClIN/c19-14-8-9-17(20)16(11-14)18(21)10-13-6-3-5-12-4-1-2-7-15(12)13/h1-2,4,7-9,11,13,18H,3,5-6,10,21H2. The molecule has 2 aromatic carbocycles. The highest BCUT2D eigenvalue weighted by Crippen LogP contribution is 2.38. The molecule has 0 amide bonds. The van der Waals surface area contributed by atoms with Crippen LogP contribution in [0.3, 0.4) is 0 Å². The van der Waals surface area contributed by atoms with Gasteiger partial charge in [-0.25, -0.2) is 0 Å². The monoisotopic (exact) mass is 411 g/mol. The number of aryl methyl sites for hydroxylation is 1. The quantitative estimate of drug-likeness (QED) is 0.667. The SMILES string of the molecule is NC(CC1CCCc2ccccc21)c1cc(Cl)ccc1I. The number of hydrogen-bond acceptors (Lipinski definition) is 1. The predicted octanol–water partition coefficient (Wildman–Crippen LogP) is 5.45. The highest BCUT2D eigenvalue weighted by molar-refractivity contribution is 14.1. The van der Waals surface area contributed by atoms with Crippen LogP contribution in [0.25, 0.3) is 0 Å². The molecule has 0 bridgehead atoms. The molecule has 0 saturated carbocycles. The normalized spacial score (nSPS) is 19.1. The van der Waals surface area contributed by atoms with Gasteiger partial charge in [0.05, 0.1) is 0 Å². The third-order valence-corrected chi connectivity index (χ3v) is 5.61. The molecule has 0 fully saturated rings. The van der Waals surface area contributed by atoms with E-state index in [9.17, 15) is 0 Å². The van der Waals surface area contributed by atoms with Crippen LogP contribution in [0, 0.1) is 3.57 Å². The molecule has 1 nitrogen and oxygen atoms in total. The van der Waals surface area contributed by atoms with Gasteiger partial charge in [0, 0.05) is 14.6 Å². The Morgan fingerprint density at radius 3 is 2.90 bits per heavy atom. The van der Waals surface area contributed by atoms with Crippen molar-refractivity contribution in [3.05, 3.63) is 67.7 Å². The molecule has 0 spiro atoms.